The number of rotatable bonds is 5. The fourth-order valence-corrected chi connectivity index (χ4v) is 1.97. The third-order valence-electron chi connectivity index (χ3n) is 3.28. The highest BCUT2D eigenvalue weighted by atomic mass is 16.4. The summed E-state index contributed by atoms with van der Waals surface area (Å²) in [6, 6.07) is 0. The quantitative estimate of drug-likeness (QED) is 0.515. The maximum absolute atomic E-state index is 11.8. The summed E-state index contributed by atoms with van der Waals surface area (Å²) < 4.78 is 0. The van der Waals surface area contributed by atoms with E-state index in [9.17, 15) is 9.59 Å². The van der Waals surface area contributed by atoms with E-state index in [4.69, 9.17) is 15.3 Å². The van der Waals surface area contributed by atoms with Crippen molar-refractivity contribution in [2.45, 2.75) is 31.7 Å². The van der Waals surface area contributed by atoms with Gasteiger partial charge in [-0.2, -0.15) is 0 Å². The van der Waals surface area contributed by atoms with E-state index < -0.39 is 17.4 Å². The summed E-state index contributed by atoms with van der Waals surface area (Å²) in [6.45, 7) is 0.823. The monoisotopic (exact) mass is 245 g/mol. The van der Waals surface area contributed by atoms with Crippen molar-refractivity contribution in [1.82, 2.24) is 5.32 Å². The van der Waals surface area contributed by atoms with Crippen LogP contribution in [-0.4, -0.2) is 45.9 Å². The van der Waals surface area contributed by atoms with Crippen LogP contribution in [-0.2, 0) is 9.59 Å². The van der Waals surface area contributed by atoms with Crippen LogP contribution in [0.15, 0.2) is 0 Å². The molecule has 1 saturated carbocycles. The molecule has 0 aromatic heterocycles. The van der Waals surface area contributed by atoms with Crippen molar-refractivity contribution in [2.24, 2.45) is 11.8 Å². The second kappa shape index (κ2) is 5.46. The molecule has 4 N–H and O–H groups in total. The number of aliphatic hydroxyl groups is 2. The van der Waals surface area contributed by atoms with Crippen LogP contribution in [0.4, 0.5) is 0 Å². The van der Waals surface area contributed by atoms with E-state index >= 15 is 0 Å². The summed E-state index contributed by atoms with van der Waals surface area (Å²) >= 11 is 0. The summed E-state index contributed by atoms with van der Waals surface area (Å²) in [5, 5.41) is 29.5. The van der Waals surface area contributed by atoms with Crippen molar-refractivity contribution in [3.8, 4) is 0 Å². The Balaban J connectivity index is 2.52. The fourth-order valence-electron chi connectivity index (χ4n) is 1.97. The first-order valence-corrected chi connectivity index (χ1v) is 5.68. The molecule has 0 spiro atoms. The van der Waals surface area contributed by atoms with Gasteiger partial charge >= 0.3 is 5.97 Å². The van der Waals surface area contributed by atoms with E-state index in [1.54, 1.807) is 0 Å². The molecule has 1 amide bonds. The number of carbonyl (C=O) groups is 2. The van der Waals surface area contributed by atoms with E-state index in [1.807, 2.05) is 0 Å². The third-order valence-corrected chi connectivity index (χ3v) is 3.28. The van der Waals surface area contributed by atoms with Gasteiger partial charge in [-0.3, -0.25) is 9.59 Å². The number of amides is 1. The Bertz CT molecular complexity index is 300. The zero-order valence-electron chi connectivity index (χ0n) is 9.85. The van der Waals surface area contributed by atoms with Gasteiger partial charge in [-0.05, 0) is 26.2 Å². The van der Waals surface area contributed by atoms with Crippen molar-refractivity contribution < 1.29 is 24.9 Å². The van der Waals surface area contributed by atoms with Gasteiger partial charge in [0.1, 0.15) is 0 Å². The number of hydrogen-bond acceptors (Lipinski definition) is 4. The first-order chi connectivity index (χ1) is 7.91. The predicted molar refractivity (Wildman–Crippen MR) is 59.2 cm³/mol. The minimum Gasteiger partial charge on any atom is -0.481 e. The Morgan fingerprint density at radius 2 is 1.76 bits per heavy atom. The molecule has 6 nitrogen and oxygen atoms in total. The number of carboxylic acid groups (broad SMARTS) is 1. The molecule has 0 bridgehead atoms. The number of nitrogens with one attached hydrogen (secondary N) is 1. The van der Waals surface area contributed by atoms with Gasteiger partial charge in [0.15, 0.2) is 0 Å². The summed E-state index contributed by atoms with van der Waals surface area (Å²) in [4.78, 5) is 22.6. The number of aliphatic carboxylic acids is 1. The maximum Gasteiger partial charge on any atom is 0.306 e. The molecule has 0 aliphatic heterocycles. The Hall–Kier alpha value is -1.14. The van der Waals surface area contributed by atoms with E-state index in [0.29, 0.717) is 19.3 Å². The molecule has 6 heteroatoms. The molecule has 0 saturated heterocycles. The molecule has 17 heavy (non-hydrogen) atoms. The van der Waals surface area contributed by atoms with Crippen LogP contribution in [0.5, 0.6) is 0 Å². The summed E-state index contributed by atoms with van der Waals surface area (Å²) in [5.41, 5.74) is -1.04. The highest BCUT2D eigenvalue weighted by Gasteiger charge is 2.36. The normalized spacial score (nSPS) is 24.6. The van der Waals surface area contributed by atoms with Crippen molar-refractivity contribution in [1.29, 1.82) is 0 Å². The topological polar surface area (TPSA) is 107 Å². The van der Waals surface area contributed by atoms with Gasteiger partial charge in [0, 0.05) is 5.92 Å². The number of aliphatic hydroxyl groups excluding tert-OH is 2. The fraction of sp³-hybridized carbons (Fsp3) is 0.818. The molecule has 0 aromatic carbocycles. The van der Waals surface area contributed by atoms with Crippen LogP contribution in [0.25, 0.3) is 0 Å². The van der Waals surface area contributed by atoms with Crippen LogP contribution < -0.4 is 5.32 Å². The largest absolute Gasteiger partial charge is 0.481 e. The first-order valence-electron chi connectivity index (χ1n) is 5.68. The lowest BCUT2D eigenvalue weighted by molar-refractivity contribution is -0.141. The molecule has 0 aromatic rings. The molecular formula is C11H19NO5. The second-order valence-corrected chi connectivity index (χ2v) is 4.91. The van der Waals surface area contributed by atoms with Gasteiger partial charge in [-0.15, -0.1) is 0 Å². The van der Waals surface area contributed by atoms with Crippen LogP contribution >= 0.6 is 0 Å². The van der Waals surface area contributed by atoms with Crippen LogP contribution in [0, 0.1) is 11.8 Å². The van der Waals surface area contributed by atoms with Crippen molar-refractivity contribution >= 4 is 11.9 Å². The Kier molecular flexibility index (Phi) is 4.47. The van der Waals surface area contributed by atoms with E-state index in [-0.39, 0.29) is 25.0 Å². The van der Waals surface area contributed by atoms with E-state index in [0.717, 1.165) is 0 Å². The molecule has 0 heterocycles. The SMILES string of the molecule is CC(CO)(CO)NC(=O)C1CCC(C(=O)O)C1. The van der Waals surface area contributed by atoms with Gasteiger partial charge in [0.05, 0.1) is 24.7 Å². The van der Waals surface area contributed by atoms with Crippen LogP contribution in [0.2, 0.25) is 0 Å². The smallest absolute Gasteiger partial charge is 0.306 e. The van der Waals surface area contributed by atoms with E-state index in [2.05, 4.69) is 5.32 Å². The average Bonchev–Trinajstić information content (AvgIpc) is 2.78. The predicted octanol–water partition coefficient (Wildman–Crippen LogP) is -0.653. The van der Waals surface area contributed by atoms with Crippen molar-refractivity contribution in [2.75, 3.05) is 13.2 Å². The Morgan fingerprint density at radius 3 is 2.18 bits per heavy atom. The lowest BCUT2D eigenvalue weighted by atomic mass is 10.0. The van der Waals surface area contributed by atoms with Crippen LogP contribution in [0.3, 0.4) is 0 Å². The lowest BCUT2D eigenvalue weighted by Crippen LogP contribution is -2.53. The standard InChI is InChI=1S/C11H19NO5/c1-11(5-13,6-14)12-9(15)7-2-3-8(4-7)10(16)17/h7-8,13-14H,2-6H2,1H3,(H,12,15)(H,16,17). The van der Waals surface area contributed by atoms with Crippen LogP contribution in [0.1, 0.15) is 26.2 Å². The van der Waals surface area contributed by atoms with Gasteiger partial charge in [0.2, 0.25) is 5.91 Å². The average molecular weight is 245 g/mol. The summed E-state index contributed by atoms with van der Waals surface area (Å²) in [5.74, 6) is -1.96. The zero-order valence-corrected chi connectivity index (χ0v) is 9.85. The Morgan fingerprint density at radius 1 is 1.24 bits per heavy atom. The number of hydrogen-bond donors (Lipinski definition) is 4. The molecule has 2 unspecified atom stereocenters. The van der Waals surface area contributed by atoms with Gasteiger partial charge in [-0.25, -0.2) is 0 Å². The minimum atomic E-state index is -1.04. The highest BCUT2D eigenvalue weighted by Crippen LogP contribution is 2.31. The molecular weight excluding hydrogens is 226 g/mol. The third kappa shape index (κ3) is 3.41. The molecule has 1 fully saturated rings. The molecule has 0 radical (unpaired) electrons. The first kappa shape index (κ1) is 13.9. The molecule has 1 rings (SSSR count). The second-order valence-electron chi connectivity index (χ2n) is 4.91. The number of carbonyl (C=O) groups excluding carboxylic acids is 1. The van der Waals surface area contributed by atoms with Gasteiger partial charge in [-0.1, -0.05) is 0 Å². The van der Waals surface area contributed by atoms with Crippen molar-refractivity contribution in [3.63, 3.8) is 0 Å². The van der Waals surface area contributed by atoms with Gasteiger partial charge in [0.25, 0.3) is 0 Å². The molecule has 2 atom stereocenters. The molecule has 98 valence electrons. The minimum absolute atomic E-state index is 0.292. The van der Waals surface area contributed by atoms with Crippen molar-refractivity contribution in [3.05, 3.63) is 0 Å². The Labute approximate surface area is 99.6 Å². The maximum atomic E-state index is 11.8. The summed E-state index contributed by atoms with van der Waals surface area (Å²) in [7, 11) is 0. The summed E-state index contributed by atoms with van der Waals surface area (Å²) in [6.07, 6.45) is 1.37. The highest BCUT2D eigenvalue weighted by molar-refractivity contribution is 5.81. The lowest BCUT2D eigenvalue weighted by Gasteiger charge is -2.27. The molecule has 1 aliphatic carbocycles. The number of carboxylic acids is 1. The molecule has 1 aliphatic rings. The zero-order chi connectivity index (χ0) is 13.1. The van der Waals surface area contributed by atoms with E-state index in [1.165, 1.54) is 6.92 Å². The van der Waals surface area contributed by atoms with Gasteiger partial charge < -0.3 is 20.6 Å².